The van der Waals surface area contributed by atoms with Crippen LogP contribution in [0.4, 0.5) is 5.69 Å². The molecule has 0 unspecified atom stereocenters. The van der Waals surface area contributed by atoms with Gasteiger partial charge in [-0.25, -0.2) is 9.36 Å². The second kappa shape index (κ2) is 8.41. The summed E-state index contributed by atoms with van der Waals surface area (Å²) in [5.41, 5.74) is -0.173. The van der Waals surface area contributed by atoms with Crippen LogP contribution in [0.15, 0.2) is 64.2 Å². The molecule has 31 heavy (non-hydrogen) atoms. The zero-order valence-electron chi connectivity index (χ0n) is 16.7. The number of rotatable bonds is 5. The lowest BCUT2D eigenvalue weighted by molar-refractivity contribution is -0.116. The van der Waals surface area contributed by atoms with Crippen LogP contribution < -0.4 is 21.3 Å². The molecule has 0 saturated heterocycles. The summed E-state index contributed by atoms with van der Waals surface area (Å²) in [5, 5.41) is 3.53. The number of nitrogens with one attached hydrogen (secondary N) is 1. The van der Waals surface area contributed by atoms with Gasteiger partial charge in [-0.2, -0.15) is 0 Å². The molecule has 0 atom stereocenters. The van der Waals surface area contributed by atoms with Gasteiger partial charge in [-0.3, -0.25) is 14.2 Å². The zero-order chi connectivity index (χ0) is 22.1. The van der Waals surface area contributed by atoms with E-state index in [9.17, 15) is 14.4 Å². The van der Waals surface area contributed by atoms with E-state index in [-0.39, 0.29) is 6.54 Å². The smallest absolute Gasteiger partial charge is 0.337 e. The molecule has 0 aliphatic rings. The van der Waals surface area contributed by atoms with Gasteiger partial charge in [0.05, 0.1) is 18.2 Å². The molecule has 4 rings (SSSR count). The molecule has 0 aliphatic carbocycles. The highest BCUT2D eigenvalue weighted by Crippen LogP contribution is 2.23. The lowest BCUT2D eigenvalue weighted by Gasteiger charge is -2.13. The van der Waals surface area contributed by atoms with E-state index in [0.29, 0.717) is 32.4 Å². The molecule has 0 saturated carbocycles. The van der Waals surface area contributed by atoms with E-state index in [4.69, 9.17) is 16.3 Å². The monoisotopic (exact) mass is 455 g/mol. The van der Waals surface area contributed by atoms with Crippen molar-refractivity contribution in [1.82, 2.24) is 9.13 Å². The van der Waals surface area contributed by atoms with Crippen molar-refractivity contribution >= 4 is 44.7 Å². The van der Waals surface area contributed by atoms with Crippen LogP contribution >= 0.6 is 22.9 Å². The Bertz CT molecular complexity index is 1420. The molecule has 0 radical (unpaired) electrons. The lowest BCUT2D eigenvalue weighted by atomic mass is 10.3. The minimum Gasteiger partial charge on any atom is -0.497 e. The van der Waals surface area contributed by atoms with Gasteiger partial charge in [-0.1, -0.05) is 23.7 Å². The molecule has 2 aromatic heterocycles. The highest BCUT2D eigenvalue weighted by molar-refractivity contribution is 7.18. The van der Waals surface area contributed by atoms with Gasteiger partial charge in [-0.05, 0) is 43.3 Å². The van der Waals surface area contributed by atoms with E-state index in [1.54, 1.807) is 48.5 Å². The Morgan fingerprint density at radius 3 is 2.65 bits per heavy atom. The van der Waals surface area contributed by atoms with E-state index >= 15 is 0 Å². The summed E-state index contributed by atoms with van der Waals surface area (Å²) in [6, 6.07) is 15.1. The van der Waals surface area contributed by atoms with Gasteiger partial charge in [-0.15, -0.1) is 11.3 Å². The molecule has 1 amide bonds. The van der Waals surface area contributed by atoms with Crippen LogP contribution in [0.5, 0.6) is 5.75 Å². The maximum absolute atomic E-state index is 13.3. The van der Waals surface area contributed by atoms with Crippen LogP contribution in [0.3, 0.4) is 0 Å². The van der Waals surface area contributed by atoms with Crippen LogP contribution in [0.2, 0.25) is 5.02 Å². The Morgan fingerprint density at radius 2 is 1.90 bits per heavy atom. The van der Waals surface area contributed by atoms with E-state index in [1.165, 1.54) is 29.1 Å². The summed E-state index contributed by atoms with van der Waals surface area (Å²) in [6.45, 7) is 1.59. The number of thiophene rings is 1. The second-order valence-electron chi connectivity index (χ2n) is 6.85. The summed E-state index contributed by atoms with van der Waals surface area (Å²) in [5.74, 6) is 0.194. The predicted octanol–water partition coefficient (Wildman–Crippen LogP) is 3.82. The maximum Gasteiger partial charge on any atom is 0.337 e. The van der Waals surface area contributed by atoms with Crippen molar-refractivity contribution in [3.63, 3.8) is 0 Å². The Balaban J connectivity index is 1.80. The van der Waals surface area contributed by atoms with Gasteiger partial charge >= 0.3 is 5.69 Å². The number of carbonyl (C=O) groups is 1. The van der Waals surface area contributed by atoms with Crippen molar-refractivity contribution in [1.29, 1.82) is 0 Å². The van der Waals surface area contributed by atoms with Gasteiger partial charge in [0.25, 0.3) is 5.56 Å². The number of ether oxygens (including phenoxy) is 1. The predicted molar refractivity (Wildman–Crippen MR) is 123 cm³/mol. The van der Waals surface area contributed by atoms with Crippen molar-refractivity contribution in [2.45, 2.75) is 13.5 Å². The minimum absolute atomic E-state index is 0.257. The molecular weight excluding hydrogens is 438 g/mol. The third-order valence-electron chi connectivity index (χ3n) is 4.66. The first-order valence-corrected chi connectivity index (χ1v) is 10.5. The average molecular weight is 456 g/mol. The SMILES string of the molecule is COc1cccc(NC(=O)Cn2c(=O)n(-c3cccc(Cl)c3)c(=O)c3cc(C)sc32)c1. The van der Waals surface area contributed by atoms with Crippen LogP contribution in [-0.4, -0.2) is 22.2 Å². The number of aryl methyl sites for hydroxylation is 1. The normalized spacial score (nSPS) is 10.9. The number of methoxy groups -OCH3 is 1. The summed E-state index contributed by atoms with van der Waals surface area (Å²) < 4.78 is 7.52. The Labute approximate surface area is 186 Å². The molecule has 0 aliphatic heterocycles. The van der Waals surface area contributed by atoms with E-state index in [1.807, 2.05) is 6.92 Å². The first-order valence-electron chi connectivity index (χ1n) is 9.33. The quantitative estimate of drug-likeness (QED) is 0.496. The third kappa shape index (κ3) is 4.12. The fourth-order valence-corrected chi connectivity index (χ4v) is 4.47. The van der Waals surface area contributed by atoms with Crippen LogP contribution in [0, 0.1) is 6.92 Å². The first-order chi connectivity index (χ1) is 14.9. The van der Waals surface area contributed by atoms with Gasteiger partial charge in [0, 0.05) is 21.7 Å². The van der Waals surface area contributed by atoms with Crippen LogP contribution in [0.1, 0.15) is 4.88 Å². The number of anilines is 1. The fraction of sp³-hybridized carbons (Fsp3) is 0.136. The molecule has 2 aromatic carbocycles. The van der Waals surface area contributed by atoms with Crippen molar-refractivity contribution in [2.75, 3.05) is 12.4 Å². The Morgan fingerprint density at radius 1 is 1.13 bits per heavy atom. The van der Waals surface area contributed by atoms with Crippen LogP contribution in [-0.2, 0) is 11.3 Å². The number of halogens is 1. The Hall–Kier alpha value is -3.36. The van der Waals surface area contributed by atoms with Crippen LogP contribution in [0.25, 0.3) is 15.9 Å². The molecule has 0 spiro atoms. The Kier molecular flexibility index (Phi) is 5.67. The molecule has 158 valence electrons. The fourth-order valence-electron chi connectivity index (χ4n) is 3.30. The molecular formula is C22H18ClN3O4S. The standard InChI is InChI=1S/C22H18ClN3O4S/c1-13-9-18-20(28)26(16-7-3-5-14(23)10-16)22(29)25(21(18)31-13)12-19(27)24-15-6-4-8-17(11-15)30-2/h3-11H,12H2,1-2H3,(H,24,27). The molecule has 1 N–H and O–H groups in total. The molecule has 0 fully saturated rings. The van der Waals surface area contributed by atoms with E-state index < -0.39 is 17.2 Å². The third-order valence-corrected chi connectivity index (χ3v) is 5.97. The number of amides is 1. The number of carbonyl (C=O) groups excluding carboxylic acids is 1. The number of nitrogens with zero attached hydrogens (tertiary/aromatic N) is 2. The van der Waals surface area contributed by atoms with Crippen molar-refractivity contribution in [3.8, 4) is 11.4 Å². The molecule has 7 nitrogen and oxygen atoms in total. The summed E-state index contributed by atoms with van der Waals surface area (Å²) in [7, 11) is 1.54. The van der Waals surface area contributed by atoms with Gasteiger partial charge in [0.1, 0.15) is 17.1 Å². The molecule has 4 aromatic rings. The summed E-state index contributed by atoms with van der Waals surface area (Å²) in [4.78, 5) is 40.4. The highest BCUT2D eigenvalue weighted by atomic mass is 35.5. The topological polar surface area (TPSA) is 82.3 Å². The van der Waals surface area contributed by atoms with Crippen molar-refractivity contribution < 1.29 is 9.53 Å². The zero-order valence-corrected chi connectivity index (χ0v) is 18.3. The largest absolute Gasteiger partial charge is 0.497 e. The first kappa shape index (κ1) is 20.9. The summed E-state index contributed by atoms with van der Waals surface area (Å²) >= 11 is 7.36. The average Bonchev–Trinajstić information content (AvgIpc) is 3.13. The number of aromatic nitrogens is 2. The molecule has 2 heterocycles. The molecule has 9 heteroatoms. The van der Waals surface area contributed by atoms with Crippen molar-refractivity contribution in [2.24, 2.45) is 0 Å². The minimum atomic E-state index is -0.609. The number of fused-ring (bicyclic) bond motifs is 1. The number of hydrogen-bond donors (Lipinski definition) is 1. The van der Waals surface area contributed by atoms with Gasteiger partial charge < -0.3 is 10.1 Å². The van der Waals surface area contributed by atoms with E-state index in [0.717, 1.165) is 9.44 Å². The van der Waals surface area contributed by atoms with E-state index in [2.05, 4.69) is 5.32 Å². The number of hydrogen-bond acceptors (Lipinski definition) is 5. The number of benzene rings is 2. The highest BCUT2D eigenvalue weighted by Gasteiger charge is 2.19. The lowest BCUT2D eigenvalue weighted by Crippen LogP contribution is -2.40. The van der Waals surface area contributed by atoms with Gasteiger partial charge in [0.15, 0.2) is 0 Å². The summed E-state index contributed by atoms with van der Waals surface area (Å²) in [6.07, 6.45) is 0. The van der Waals surface area contributed by atoms with Crippen molar-refractivity contribution in [3.05, 3.63) is 85.3 Å². The van der Waals surface area contributed by atoms with Gasteiger partial charge in [0.2, 0.25) is 5.91 Å². The second-order valence-corrected chi connectivity index (χ2v) is 8.52. The molecule has 0 bridgehead atoms. The maximum atomic E-state index is 13.3.